The number of hydrogen-bond acceptors (Lipinski definition) is 15. The molecule has 1 aliphatic heterocycles. The van der Waals surface area contributed by atoms with E-state index in [2.05, 4.69) is 5.32 Å². The average molecular weight is 830 g/mol. The van der Waals surface area contributed by atoms with Crippen LogP contribution in [0.3, 0.4) is 0 Å². The van der Waals surface area contributed by atoms with E-state index in [1.807, 2.05) is 0 Å². The quantitative estimate of drug-likeness (QED) is 0.0832. The average Bonchev–Trinajstić information content (AvgIpc) is 3.81. The van der Waals surface area contributed by atoms with Gasteiger partial charge < -0.3 is 53.1 Å². The van der Waals surface area contributed by atoms with Gasteiger partial charge in [0, 0.05) is 13.0 Å². The first-order valence-electron chi connectivity index (χ1n) is 20.3. The van der Waals surface area contributed by atoms with Gasteiger partial charge in [-0.25, -0.2) is 0 Å². The van der Waals surface area contributed by atoms with Crippen LogP contribution in [0.25, 0.3) is 0 Å². The largest absolute Gasteiger partial charge is 0.462 e. The van der Waals surface area contributed by atoms with Crippen LogP contribution in [-0.2, 0) is 66.6 Å². The lowest BCUT2D eigenvalue weighted by Gasteiger charge is -2.47. The third kappa shape index (κ3) is 16.5. The van der Waals surface area contributed by atoms with Crippen molar-refractivity contribution in [2.75, 3.05) is 66.1 Å². The van der Waals surface area contributed by atoms with E-state index >= 15 is 0 Å². The lowest BCUT2D eigenvalue weighted by Crippen LogP contribution is -2.66. The maximum absolute atomic E-state index is 13.7. The molecule has 5 atom stereocenters. The van der Waals surface area contributed by atoms with Gasteiger partial charge in [-0.2, -0.15) is 0 Å². The molecule has 0 aromatic heterocycles. The van der Waals surface area contributed by atoms with Crippen LogP contribution in [0.2, 0.25) is 0 Å². The molecule has 1 heterocycles. The Kier molecular flexibility index (Phi) is 19.7. The Morgan fingerprint density at radius 1 is 0.638 bits per heavy atom. The molecule has 334 valence electrons. The van der Waals surface area contributed by atoms with E-state index in [-0.39, 0.29) is 32.0 Å². The molecular formula is C42H71NO15. The molecular weight excluding hydrogens is 758 g/mol. The first-order valence-corrected chi connectivity index (χ1v) is 20.3. The Bertz CT molecular complexity index is 1380. The number of unbranched alkanes of at least 4 members (excludes halogenated alkanes) is 2. The molecule has 1 amide bonds. The van der Waals surface area contributed by atoms with E-state index < -0.39 is 81.4 Å². The Morgan fingerprint density at radius 3 is 1.62 bits per heavy atom. The molecule has 2 aliphatic rings. The maximum Gasteiger partial charge on any atom is 0.316 e. The minimum absolute atomic E-state index is 0.0213. The second-order valence-corrected chi connectivity index (χ2v) is 18.7. The van der Waals surface area contributed by atoms with Crippen molar-refractivity contribution in [2.45, 2.75) is 133 Å². The molecule has 1 saturated heterocycles. The third-order valence-electron chi connectivity index (χ3n) is 8.98. The summed E-state index contributed by atoms with van der Waals surface area (Å²) in [7, 11) is 0. The second-order valence-electron chi connectivity index (χ2n) is 18.7. The molecule has 3 unspecified atom stereocenters. The standard InChI is InChI=1S/C42H71NO15/c1-38(2,3)34(46)54-27-29-42(26-28(42)56-35(47)39(4,5)6)32(57-36(48)40(7,8)9)31(33(55-29)58-37(49)41(10,11)12)43-30(45)16-14-13-15-18-50-20-22-52-24-25-53-23-21-51-19-17-44/h26,29,31-33,44H,13-25,27H2,1-12H3,(H,43,45)/t29-,31?,32-,33?,42?/m1/s1. The van der Waals surface area contributed by atoms with Crippen LogP contribution in [0, 0.1) is 27.1 Å². The minimum Gasteiger partial charge on any atom is -0.462 e. The predicted octanol–water partition coefficient (Wildman–Crippen LogP) is 4.42. The van der Waals surface area contributed by atoms with Crippen LogP contribution in [0.15, 0.2) is 11.8 Å². The van der Waals surface area contributed by atoms with E-state index in [1.54, 1.807) is 89.2 Å². The normalized spacial score (nSPS) is 22.2. The van der Waals surface area contributed by atoms with Crippen LogP contribution in [0.1, 0.15) is 109 Å². The molecule has 0 bridgehead atoms. The van der Waals surface area contributed by atoms with Gasteiger partial charge >= 0.3 is 23.9 Å². The van der Waals surface area contributed by atoms with Gasteiger partial charge in [0.1, 0.15) is 36.0 Å². The first-order chi connectivity index (χ1) is 26.9. The smallest absolute Gasteiger partial charge is 0.316 e. The summed E-state index contributed by atoms with van der Waals surface area (Å²) in [6.45, 7) is 23.0. The molecule has 1 aliphatic carbocycles. The predicted molar refractivity (Wildman–Crippen MR) is 211 cm³/mol. The number of carbonyl (C=O) groups excluding carboxylic acids is 5. The van der Waals surface area contributed by atoms with Gasteiger partial charge in [0.15, 0.2) is 0 Å². The van der Waals surface area contributed by atoms with Crippen molar-refractivity contribution >= 4 is 29.8 Å². The molecule has 1 fully saturated rings. The van der Waals surface area contributed by atoms with E-state index in [9.17, 15) is 24.0 Å². The molecule has 58 heavy (non-hydrogen) atoms. The fourth-order valence-corrected chi connectivity index (χ4v) is 5.29. The van der Waals surface area contributed by atoms with Crippen LogP contribution in [0.4, 0.5) is 0 Å². The van der Waals surface area contributed by atoms with Crippen LogP contribution >= 0.6 is 0 Å². The molecule has 2 rings (SSSR count). The molecule has 2 N–H and O–H groups in total. The van der Waals surface area contributed by atoms with Gasteiger partial charge in [-0.15, -0.1) is 0 Å². The van der Waals surface area contributed by atoms with Gasteiger partial charge in [0.2, 0.25) is 12.2 Å². The number of nitrogens with one attached hydrogen (secondary N) is 1. The van der Waals surface area contributed by atoms with E-state index in [0.717, 1.165) is 0 Å². The summed E-state index contributed by atoms with van der Waals surface area (Å²) in [6, 6.07) is -1.25. The van der Waals surface area contributed by atoms with Crippen LogP contribution < -0.4 is 5.32 Å². The molecule has 16 nitrogen and oxygen atoms in total. The summed E-state index contributed by atoms with van der Waals surface area (Å²) in [6.07, 6.45) is -0.408. The number of rotatable bonds is 23. The Labute approximate surface area is 344 Å². The number of aliphatic hydroxyl groups excluding tert-OH is 1. The number of hydrogen-bond donors (Lipinski definition) is 2. The van der Waals surface area contributed by atoms with Crippen molar-refractivity contribution < 1.29 is 71.7 Å². The molecule has 0 aromatic rings. The summed E-state index contributed by atoms with van der Waals surface area (Å²) in [5.41, 5.74) is -5.23. The molecule has 0 radical (unpaired) electrons. The van der Waals surface area contributed by atoms with Crippen molar-refractivity contribution in [3.8, 4) is 0 Å². The molecule has 1 spiro atoms. The van der Waals surface area contributed by atoms with Crippen molar-refractivity contribution in [3.63, 3.8) is 0 Å². The summed E-state index contributed by atoms with van der Waals surface area (Å²) >= 11 is 0. The highest BCUT2D eigenvalue weighted by Crippen LogP contribution is 2.58. The highest BCUT2D eigenvalue weighted by atomic mass is 16.7. The zero-order valence-electron chi connectivity index (χ0n) is 36.9. The molecule has 0 saturated carbocycles. The van der Waals surface area contributed by atoms with Gasteiger partial charge in [-0.05, 0) is 102 Å². The van der Waals surface area contributed by atoms with Gasteiger partial charge in [-0.1, -0.05) is 6.42 Å². The summed E-state index contributed by atoms with van der Waals surface area (Å²) in [5.74, 6) is -2.69. The highest BCUT2D eigenvalue weighted by molar-refractivity contribution is 5.80. The first kappa shape index (κ1) is 51.0. The van der Waals surface area contributed by atoms with E-state index in [1.165, 1.54) is 0 Å². The van der Waals surface area contributed by atoms with E-state index in [0.29, 0.717) is 65.5 Å². The zero-order valence-corrected chi connectivity index (χ0v) is 36.9. The second kappa shape index (κ2) is 22.5. The van der Waals surface area contributed by atoms with E-state index in [4.69, 9.17) is 47.7 Å². The summed E-state index contributed by atoms with van der Waals surface area (Å²) < 4.78 is 51.8. The Hall–Kier alpha value is -3.15. The highest BCUT2D eigenvalue weighted by Gasteiger charge is 2.69. The fourth-order valence-electron chi connectivity index (χ4n) is 5.29. The number of aliphatic hydroxyl groups is 1. The number of ether oxygens (including phenoxy) is 9. The van der Waals surface area contributed by atoms with Crippen LogP contribution in [-0.4, -0.2) is 125 Å². The van der Waals surface area contributed by atoms with Crippen molar-refractivity contribution in [2.24, 2.45) is 27.1 Å². The number of amides is 1. The minimum atomic E-state index is -1.49. The Morgan fingerprint density at radius 2 is 1.12 bits per heavy atom. The number of esters is 4. The summed E-state index contributed by atoms with van der Waals surface area (Å²) in [4.78, 5) is 66.8. The molecule has 0 aromatic carbocycles. The van der Waals surface area contributed by atoms with Gasteiger partial charge in [-0.3, -0.25) is 24.0 Å². The summed E-state index contributed by atoms with van der Waals surface area (Å²) in [5, 5.41) is 11.6. The lowest BCUT2D eigenvalue weighted by atomic mass is 9.81. The number of carbonyl (C=O) groups is 5. The lowest BCUT2D eigenvalue weighted by molar-refractivity contribution is -0.266. The maximum atomic E-state index is 13.7. The van der Waals surface area contributed by atoms with Crippen LogP contribution in [0.5, 0.6) is 0 Å². The van der Waals surface area contributed by atoms with Crippen molar-refractivity contribution in [1.82, 2.24) is 5.32 Å². The van der Waals surface area contributed by atoms with Crippen molar-refractivity contribution in [1.29, 1.82) is 0 Å². The fraction of sp³-hybridized carbons (Fsp3) is 0.833. The van der Waals surface area contributed by atoms with Gasteiger partial charge in [0.25, 0.3) is 0 Å². The van der Waals surface area contributed by atoms with Gasteiger partial charge in [0.05, 0.1) is 74.5 Å². The third-order valence-corrected chi connectivity index (χ3v) is 8.98. The Balaban J connectivity index is 2.21. The monoisotopic (exact) mass is 829 g/mol. The van der Waals surface area contributed by atoms with Crippen molar-refractivity contribution in [3.05, 3.63) is 11.8 Å². The SMILES string of the molecule is CC(C)(C)C(=O)OC[C@H]1OC(OC(=O)C(C)(C)C)C(NC(=O)CCCCCOCCOCCOCCOCCO)[C@@H](OC(=O)C(C)(C)C)C12C=C2OC(=O)C(C)(C)C. The molecule has 16 heteroatoms. The zero-order chi connectivity index (χ0) is 44.0. The topological polar surface area (TPSA) is 201 Å².